The summed E-state index contributed by atoms with van der Waals surface area (Å²) < 4.78 is 0. The number of rotatable bonds is 6. The number of thiophene rings is 1. The number of hydrogen-bond donors (Lipinski definition) is 2. The van der Waals surface area contributed by atoms with Crippen molar-refractivity contribution in [3.63, 3.8) is 0 Å². The second-order valence-corrected chi connectivity index (χ2v) is 6.97. The summed E-state index contributed by atoms with van der Waals surface area (Å²) in [6.07, 6.45) is 1.95. The average Bonchev–Trinajstić information content (AvgIpc) is 3.12. The highest BCUT2D eigenvalue weighted by atomic mass is 127. The largest absolute Gasteiger partial charge is 0.356 e. The first kappa shape index (κ1) is 19.4. The smallest absolute Gasteiger partial charge is 0.191 e. The number of thiazole rings is 1. The van der Waals surface area contributed by atoms with E-state index in [-0.39, 0.29) is 24.0 Å². The average molecular weight is 450 g/mol. The van der Waals surface area contributed by atoms with Crippen molar-refractivity contribution in [1.29, 1.82) is 0 Å². The minimum atomic E-state index is 0. The monoisotopic (exact) mass is 450 g/mol. The van der Waals surface area contributed by atoms with Gasteiger partial charge in [0.25, 0.3) is 0 Å². The normalized spacial score (nSPS) is 11.1. The predicted molar refractivity (Wildman–Crippen MR) is 108 cm³/mol. The minimum absolute atomic E-state index is 0. The fourth-order valence-electron chi connectivity index (χ4n) is 2.02. The molecule has 22 heavy (non-hydrogen) atoms. The Hall–Kier alpha value is -0.670. The van der Waals surface area contributed by atoms with E-state index in [2.05, 4.69) is 52.0 Å². The number of nitrogens with one attached hydrogen (secondary N) is 2. The predicted octanol–water partition coefficient (Wildman–Crippen LogP) is 3.60. The summed E-state index contributed by atoms with van der Waals surface area (Å²) >= 11 is 3.55. The fourth-order valence-corrected chi connectivity index (χ4v) is 3.68. The zero-order valence-corrected chi connectivity index (χ0v) is 17.1. The minimum Gasteiger partial charge on any atom is -0.356 e. The highest BCUT2D eigenvalue weighted by Gasteiger charge is 2.06. The maximum Gasteiger partial charge on any atom is 0.191 e. The van der Waals surface area contributed by atoms with Crippen LogP contribution in [0.15, 0.2) is 22.5 Å². The van der Waals surface area contributed by atoms with Gasteiger partial charge in [0.05, 0.1) is 17.2 Å². The molecule has 0 radical (unpaired) electrons. The molecule has 0 aromatic carbocycles. The molecule has 2 N–H and O–H groups in total. The highest BCUT2D eigenvalue weighted by molar-refractivity contribution is 14.0. The van der Waals surface area contributed by atoms with Crippen LogP contribution in [0, 0.1) is 6.92 Å². The van der Waals surface area contributed by atoms with Gasteiger partial charge in [-0.05, 0) is 24.8 Å². The molecule has 0 aliphatic carbocycles. The van der Waals surface area contributed by atoms with Crippen molar-refractivity contribution < 1.29 is 0 Å². The lowest BCUT2D eigenvalue weighted by atomic mass is 10.3. The summed E-state index contributed by atoms with van der Waals surface area (Å²) in [7, 11) is 1.80. The van der Waals surface area contributed by atoms with Gasteiger partial charge in [-0.15, -0.1) is 46.7 Å². The van der Waals surface area contributed by atoms with Crippen LogP contribution in [-0.4, -0.2) is 24.5 Å². The Balaban J connectivity index is 0.00000242. The van der Waals surface area contributed by atoms with E-state index in [0.717, 1.165) is 31.9 Å². The van der Waals surface area contributed by atoms with Gasteiger partial charge in [-0.3, -0.25) is 4.99 Å². The number of aryl methyl sites for hydroxylation is 2. The molecular formula is C15H23IN4S2. The second kappa shape index (κ2) is 10.2. The number of aromatic nitrogens is 1. The van der Waals surface area contributed by atoms with Crippen LogP contribution in [0.25, 0.3) is 0 Å². The molecule has 0 spiro atoms. The lowest BCUT2D eigenvalue weighted by molar-refractivity contribution is 0.794. The molecule has 2 rings (SSSR count). The highest BCUT2D eigenvalue weighted by Crippen LogP contribution is 2.17. The van der Waals surface area contributed by atoms with Crippen LogP contribution in [0.4, 0.5) is 0 Å². The quantitative estimate of drug-likeness (QED) is 0.402. The molecule has 0 aliphatic rings. The Morgan fingerprint density at radius 3 is 2.77 bits per heavy atom. The third-order valence-corrected chi connectivity index (χ3v) is 5.09. The van der Waals surface area contributed by atoms with Crippen LogP contribution >= 0.6 is 46.7 Å². The molecule has 2 aromatic rings. The first-order valence-corrected chi connectivity index (χ1v) is 8.84. The van der Waals surface area contributed by atoms with Crippen LogP contribution in [0.2, 0.25) is 0 Å². The number of halogens is 1. The molecule has 0 aliphatic heterocycles. The Labute approximate surface area is 157 Å². The maximum atomic E-state index is 4.66. The third-order valence-electron chi connectivity index (χ3n) is 3.14. The van der Waals surface area contributed by atoms with E-state index in [0.29, 0.717) is 0 Å². The van der Waals surface area contributed by atoms with Gasteiger partial charge in [0, 0.05) is 29.8 Å². The van der Waals surface area contributed by atoms with E-state index in [9.17, 15) is 0 Å². The van der Waals surface area contributed by atoms with Gasteiger partial charge in [-0.2, -0.15) is 0 Å². The van der Waals surface area contributed by atoms with E-state index >= 15 is 0 Å². The van der Waals surface area contributed by atoms with E-state index < -0.39 is 0 Å². The number of aliphatic imine (C=N–C) groups is 1. The van der Waals surface area contributed by atoms with E-state index in [1.54, 1.807) is 29.7 Å². The van der Waals surface area contributed by atoms with Crippen molar-refractivity contribution >= 4 is 52.6 Å². The van der Waals surface area contributed by atoms with Crippen molar-refractivity contribution in [2.24, 2.45) is 4.99 Å². The lowest BCUT2D eigenvalue weighted by Gasteiger charge is -2.10. The van der Waals surface area contributed by atoms with Gasteiger partial charge in [0.2, 0.25) is 0 Å². The molecule has 4 nitrogen and oxygen atoms in total. The molecule has 0 amide bonds. The second-order valence-electron chi connectivity index (χ2n) is 4.65. The molecule has 0 atom stereocenters. The summed E-state index contributed by atoms with van der Waals surface area (Å²) in [4.78, 5) is 11.5. The summed E-state index contributed by atoms with van der Waals surface area (Å²) in [5, 5.41) is 9.94. The Morgan fingerprint density at radius 1 is 1.36 bits per heavy atom. The van der Waals surface area contributed by atoms with Crippen LogP contribution < -0.4 is 10.6 Å². The fraction of sp³-hybridized carbons (Fsp3) is 0.467. The molecule has 122 valence electrons. The van der Waals surface area contributed by atoms with E-state index in [4.69, 9.17) is 0 Å². The Kier molecular flexibility index (Phi) is 8.96. The Morgan fingerprint density at radius 2 is 2.18 bits per heavy atom. The van der Waals surface area contributed by atoms with Gasteiger partial charge >= 0.3 is 0 Å². The summed E-state index contributed by atoms with van der Waals surface area (Å²) in [6, 6.07) is 4.18. The van der Waals surface area contributed by atoms with Crippen LogP contribution in [0.1, 0.15) is 27.4 Å². The number of hydrogen-bond acceptors (Lipinski definition) is 4. The summed E-state index contributed by atoms with van der Waals surface area (Å²) in [5.41, 5.74) is 1.23. The van der Waals surface area contributed by atoms with E-state index in [1.807, 2.05) is 0 Å². The van der Waals surface area contributed by atoms with Crippen molar-refractivity contribution in [3.8, 4) is 0 Å². The zero-order valence-electron chi connectivity index (χ0n) is 13.2. The van der Waals surface area contributed by atoms with Crippen molar-refractivity contribution in [2.75, 3.05) is 13.6 Å². The maximum absolute atomic E-state index is 4.66. The van der Waals surface area contributed by atoms with E-state index in [1.165, 1.54) is 20.5 Å². The van der Waals surface area contributed by atoms with Crippen LogP contribution in [0.5, 0.6) is 0 Å². The zero-order chi connectivity index (χ0) is 15.1. The molecule has 0 unspecified atom stereocenters. The van der Waals surface area contributed by atoms with Gasteiger partial charge in [-0.25, -0.2) is 4.98 Å². The van der Waals surface area contributed by atoms with Gasteiger partial charge < -0.3 is 10.6 Å². The number of guanidine groups is 1. The van der Waals surface area contributed by atoms with Crippen molar-refractivity contribution in [1.82, 2.24) is 15.6 Å². The van der Waals surface area contributed by atoms with Crippen molar-refractivity contribution in [2.45, 2.75) is 33.2 Å². The summed E-state index contributed by atoms with van der Waals surface area (Å²) in [6.45, 7) is 5.96. The first-order valence-electron chi connectivity index (χ1n) is 7.15. The lowest BCUT2D eigenvalue weighted by Crippen LogP contribution is -2.37. The standard InChI is InChI=1S/C15H22N4S2.HI/c1-4-13-11(2)21-14(19-13)7-8-17-15(16-3)18-10-12-6-5-9-20-12;/h5-6,9H,4,7-8,10H2,1-3H3,(H2,16,17,18);1H. The molecule has 7 heteroatoms. The van der Waals surface area contributed by atoms with Gasteiger partial charge in [-0.1, -0.05) is 13.0 Å². The first-order chi connectivity index (χ1) is 10.2. The molecule has 2 heterocycles. The van der Waals surface area contributed by atoms with Crippen LogP contribution in [-0.2, 0) is 19.4 Å². The molecule has 2 aromatic heterocycles. The third kappa shape index (κ3) is 5.85. The van der Waals surface area contributed by atoms with Gasteiger partial charge in [0.1, 0.15) is 0 Å². The Bertz CT molecular complexity index is 578. The summed E-state index contributed by atoms with van der Waals surface area (Å²) in [5.74, 6) is 0.840. The van der Waals surface area contributed by atoms with Crippen molar-refractivity contribution in [3.05, 3.63) is 38.0 Å². The topological polar surface area (TPSA) is 49.3 Å². The van der Waals surface area contributed by atoms with Crippen LogP contribution in [0.3, 0.4) is 0 Å². The molecule has 0 fully saturated rings. The molecule has 0 bridgehead atoms. The molecule has 0 saturated carbocycles. The number of nitrogens with zero attached hydrogens (tertiary/aromatic N) is 2. The SMILES string of the molecule is CCc1nc(CCNC(=NC)NCc2cccs2)sc1C.I. The van der Waals surface area contributed by atoms with Gasteiger partial charge in [0.15, 0.2) is 5.96 Å². The molecule has 0 saturated heterocycles. The molecular weight excluding hydrogens is 427 g/mol.